The highest BCUT2D eigenvalue weighted by molar-refractivity contribution is 5.80. The fourth-order valence-electron chi connectivity index (χ4n) is 2.85. The molecule has 0 aromatic rings. The van der Waals surface area contributed by atoms with E-state index in [4.69, 9.17) is 4.74 Å². The zero-order valence-electron chi connectivity index (χ0n) is 16.6. The summed E-state index contributed by atoms with van der Waals surface area (Å²) in [6.45, 7) is 14.0. The van der Waals surface area contributed by atoms with Gasteiger partial charge in [0.15, 0.2) is 5.96 Å². The van der Waals surface area contributed by atoms with Crippen LogP contribution in [0.3, 0.4) is 0 Å². The third kappa shape index (κ3) is 9.07. The summed E-state index contributed by atoms with van der Waals surface area (Å²) >= 11 is 0. The second-order valence-corrected chi connectivity index (χ2v) is 7.26. The predicted octanol–water partition coefficient (Wildman–Crippen LogP) is 0.671. The van der Waals surface area contributed by atoms with Crippen LogP contribution in [0.15, 0.2) is 4.99 Å². The van der Waals surface area contributed by atoms with Crippen LogP contribution in [0.4, 0.5) is 0 Å². The van der Waals surface area contributed by atoms with Crippen LogP contribution < -0.4 is 16.0 Å². The molecule has 1 amide bonds. The van der Waals surface area contributed by atoms with Gasteiger partial charge >= 0.3 is 0 Å². The number of amides is 1. The van der Waals surface area contributed by atoms with Crippen molar-refractivity contribution in [2.24, 2.45) is 16.8 Å². The van der Waals surface area contributed by atoms with E-state index in [9.17, 15) is 4.79 Å². The van der Waals surface area contributed by atoms with E-state index < -0.39 is 0 Å². The maximum absolute atomic E-state index is 11.5. The molecule has 0 bridgehead atoms. The number of morpholine rings is 1. The molecule has 1 fully saturated rings. The molecule has 0 spiro atoms. The molecule has 0 aromatic heterocycles. The second kappa shape index (κ2) is 12.1. The molecule has 1 saturated heterocycles. The van der Waals surface area contributed by atoms with Crippen molar-refractivity contribution in [2.75, 3.05) is 53.0 Å². The largest absolute Gasteiger partial charge is 0.379 e. The first kappa shape index (κ1) is 21.7. The van der Waals surface area contributed by atoms with Crippen LogP contribution in [-0.2, 0) is 9.53 Å². The van der Waals surface area contributed by atoms with Gasteiger partial charge in [-0.05, 0) is 12.3 Å². The summed E-state index contributed by atoms with van der Waals surface area (Å²) in [5.41, 5.74) is 0. The molecule has 1 aliphatic rings. The molecular formula is C18H37N5O2. The van der Waals surface area contributed by atoms with Crippen molar-refractivity contribution in [3.05, 3.63) is 0 Å². The maximum atomic E-state index is 11.5. The monoisotopic (exact) mass is 355 g/mol. The number of nitrogens with zero attached hydrogens (tertiary/aromatic N) is 2. The van der Waals surface area contributed by atoms with Gasteiger partial charge in [-0.3, -0.25) is 14.7 Å². The maximum Gasteiger partial charge on any atom is 0.222 e. The van der Waals surface area contributed by atoms with Gasteiger partial charge < -0.3 is 20.7 Å². The highest BCUT2D eigenvalue weighted by Gasteiger charge is 2.22. The molecule has 0 aliphatic carbocycles. The Bertz CT molecular complexity index is 406. The molecule has 1 aliphatic heterocycles. The molecule has 0 radical (unpaired) electrons. The van der Waals surface area contributed by atoms with Crippen molar-refractivity contribution in [3.8, 4) is 0 Å². The van der Waals surface area contributed by atoms with E-state index in [0.717, 1.165) is 45.2 Å². The van der Waals surface area contributed by atoms with E-state index in [0.29, 0.717) is 25.0 Å². The lowest BCUT2D eigenvalue weighted by molar-refractivity contribution is -0.123. The van der Waals surface area contributed by atoms with E-state index in [1.807, 2.05) is 13.8 Å². The summed E-state index contributed by atoms with van der Waals surface area (Å²) in [6, 6.07) is 0.475. The quantitative estimate of drug-likeness (QED) is 0.322. The summed E-state index contributed by atoms with van der Waals surface area (Å²) in [7, 11) is 1.77. The number of nitrogens with one attached hydrogen (secondary N) is 3. The fraction of sp³-hybridized carbons (Fsp3) is 0.889. The average molecular weight is 356 g/mol. The third-order valence-corrected chi connectivity index (χ3v) is 4.28. The zero-order valence-corrected chi connectivity index (χ0v) is 16.6. The minimum Gasteiger partial charge on any atom is -0.379 e. The van der Waals surface area contributed by atoms with Crippen molar-refractivity contribution in [3.63, 3.8) is 0 Å². The molecule has 7 heteroatoms. The Morgan fingerprint density at radius 1 is 1.08 bits per heavy atom. The van der Waals surface area contributed by atoms with Gasteiger partial charge in [-0.15, -0.1) is 0 Å². The number of carbonyl (C=O) groups excluding carboxylic acids is 1. The van der Waals surface area contributed by atoms with E-state index in [1.165, 1.54) is 0 Å². The smallest absolute Gasteiger partial charge is 0.222 e. The molecule has 25 heavy (non-hydrogen) atoms. The van der Waals surface area contributed by atoms with Crippen LogP contribution in [0.25, 0.3) is 0 Å². The van der Waals surface area contributed by atoms with Gasteiger partial charge in [-0.25, -0.2) is 0 Å². The van der Waals surface area contributed by atoms with Gasteiger partial charge in [0.2, 0.25) is 5.91 Å². The normalized spacial score (nSPS) is 17.6. The average Bonchev–Trinajstić information content (AvgIpc) is 2.60. The van der Waals surface area contributed by atoms with Crippen molar-refractivity contribution in [2.45, 2.75) is 40.2 Å². The Kier molecular flexibility index (Phi) is 10.5. The van der Waals surface area contributed by atoms with Crippen molar-refractivity contribution >= 4 is 11.9 Å². The minimum absolute atomic E-state index is 0.0164. The van der Waals surface area contributed by atoms with E-state index in [2.05, 4.69) is 39.7 Å². The summed E-state index contributed by atoms with van der Waals surface area (Å²) < 4.78 is 5.47. The number of carbonyl (C=O) groups is 1. The first-order valence-corrected chi connectivity index (χ1v) is 9.48. The van der Waals surface area contributed by atoms with Crippen LogP contribution in [0.5, 0.6) is 0 Å². The van der Waals surface area contributed by atoms with Crippen LogP contribution in [0.2, 0.25) is 0 Å². The predicted molar refractivity (Wildman–Crippen MR) is 103 cm³/mol. The first-order chi connectivity index (χ1) is 11.9. The SMILES string of the molecule is CN=C(NCCNC(=O)C(C)C)NCC(CC(C)C)N1CCOCC1. The molecule has 7 nitrogen and oxygen atoms in total. The molecule has 0 aromatic carbocycles. The van der Waals surface area contributed by atoms with E-state index in [-0.39, 0.29) is 11.8 Å². The number of rotatable bonds is 9. The van der Waals surface area contributed by atoms with Gasteiger partial charge in [0.25, 0.3) is 0 Å². The molecule has 1 atom stereocenters. The zero-order chi connectivity index (χ0) is 18.7. The first-order valence-electron chi connectivity index (χ1n) is 9.48. The Morgan fingerprint density at radius 3 is 2.28 bits per heavy atom. The number of guanidine groups is 1. The Labute approximate surface area is 153 Å². The molecule has 1 heterocycles. The van der Waals surface area contributed by atoms with Crippen molar-refractivity contribution < 1.29 is 9.53 Å². The minimum atomic E-state index is 0.0164. The van der Waals surface area contributed by atoms with E-state index >= 15 is 0 Å². The van der Waals surface area contributed by atoms with Crippen molar-refractivity contribution in [1.29, 1.82) is 0 Å². The fourth-order valence-corrected chi connectivity index (χ4v) is 2.85. The lowest BCUT2D eigenvalue weighted by atomic mass is 10.0. The van der Waals surface area contributed by atoms with E-state index in [1.54, 1.807) is 7.05 Å². The highest BCUT2D eigenvalue weighted by Crippen LogP contribution is 2.12. The Balaban J connectivity index is 2.37. The lowest BCUT2D eigenvalue weighted by Gasteiger charge is -2.35. The number of aliphatic imine (C=N–C) groups is 1. The molecular weight excluding hydrogens is 318 g/mol. The van der Waals surface area contributed by atoms with Crippen LogP contribution in [0, 0.1) is 11.8 Å². The summed E-state index contributed by atoms with van der Waals surface area (Å²) in [5, 5.41) is 9.58. The van der Waals surface area contributed by atoms with Gasteiger partial charge in [0.05, 0.1) is 13.2 Å². The van der Waals surface area contributed by atoms with Crippen molar-refractivity contribution in [1.82, 2.24) is 20.9 Å². The molecule has 0 saturated carbocycles. The molecule has 1 unspecified atom stereocenters. The Hall–Kier alpha value is -1.34. The molecule has 146 valence electrons. The number of hydrogen-bond donors (Lipinski definition) is 3. The summed E-state index contributed by atoms with van der Waals surface area (Å²) in [5.74, 6) is 1.52. The highest BCUT2D eigenvalue weighted by atomic mass is 16.5. The number of ether oxygens (including phenoxy) is 1. The van der Waals surface area contributed by atoms with Gasteiger partial charge in [0, 0.05) is 51.7 Å². The number of hydrogen-bond acceptors (Lipinski definition) is 4. The van der Waals surface area contributed by atoms with Gasteiger partial charge in [-0.2, -0.15) is 0 Å². The van der Waals surface area contributed by atoms with Crippen LogP contribution in [0.1, 0.15) is 34.1 Å². The third-order valence-electron chi connectivity index (χ3n) is 4.28. The van der Waals surface area contributed by atoms with Crippen LogP contribution in [-0.4, -0.2) is 75.8 Å². The summed E-state index contributed by atoms with van der Waals surface area (Å²) in [4.78, 5) is 18.3. The standard InChI is InChI=1S/C18H37N5O2/c1-14(2)12-16(23-8-10-25-11-9-23)13-22-18(19-5)21-7-6-20-17(24)15(3)4/h14-16H,6-13H2,1-5H3,(H,20,24)(H2,19,21,22). The van der Waals surface area contributed by atoms with Gasteiger partial charge in [-0.1, -0.05) is 27.7 Å². The summed E-state index contributed by atoms with van der Waals surface area (Å²) in [6.07, 6.45) is 1.15. The van der Waals surface area contributed by atoms with Crippen LogP contribution >= 0.6 is 0 Å². The van der Waals surface area contributed by atoms with Gasteiger partial charge in [0.1, 0.15) is 0 Å². The second-order valence-electron chi connectivity index (χ2n) is 7.26. The lowest BCUT2D eigenvalue weighted by Crippen LogP contribution is -2.51. The molecule has 3 N–H and O–H groups in total. The topological polar surface area (TPSA) is 78.0 Å². The molecule has 1 rings (SSSR count). The Morgan fingerprint density at radius 2 is 1.72 bits per heavy atom.